The van der Waals surface area contributed by atoms with E-state index in [2.05, 4.69) is 15.6 Å². The van der Waals surface area contributed by atoms with Crippen molar-refractivity contribution >= 4 is 23.2 Å². The van der Waals surface area contributed by atoms with Gasteiger partial charge in [-0.25, -0.2) is 4.98 Å². The van der Waals surface area contributed by atoms with Crippen LogP contribution in [0.15, 0.2) is 35.7 Å². The van der Waals surface area contributed by atoms with Gasteiger partial charge >= 0.3 is 0 Å². The summed E-state index contributed by atoms with van der Waals surface area (Å²) in [5.41, 5.74) is 2.05. The Balaban J connectivity index is 1.69. The van der Waals surface area contributed by atoms with Crippen LogP contribution in [0.3, 0.4) is 0 Å². The van der Waals surface area contributed by atoms with Gasteiger partial charge in [-0.3, -0.25) is 9.59 Å². The Hall–Kier alpha value is -2.21. The lowest BCUT2D eigenvalue weighted by Gasteiger charge is -2.05. The predicted molar refractivity (Wildman–Crippen MR) is 92.2 cm³/mol. The summed E-state index contributed by atoms with van der Waals surface area (Å²) in [6.07, 6.45) is 1.80. The van der Waals surface area contributed by atoms with Crippen LogP contribution in [0.4, 0.5) is 0 Å². The van der Waals surface area contributed by atoms with Crippen molar-refractivity contribution in [2.75, 3.05) is 13.1 Å². The molecule has 2 rings (SSSR count). The Labute approximate surface area is 140 Å². The molecule has 0 atom stereocenters. The average molecular weight is 331 g/mol. The van der Waals surface area contributed by atoms with E-state index in [0.717, 1.165) is 22.7 Å². The molecule has 0 aliphatic carbocycles. The van der Waals surface area contributed by atoms with Crippen molar-refractivity contribution in [1.29, 1.82) is 0 Å². The number of carbonyl (C=O) groups is 2. The summed E-state index contributed by atoms with van der Waals surface area (Å²) in [6, 6.07) is 10.0. The first-order chi connectivity index (χ1) is 11.1. The highest BCUT2D eigenvalue weighted by Gasteiger charge is 2.07. The molecule has 0 fully saturated rings. The molecule has 2 amide bonds. The Morgan fingerprint density at radius 3 is 2.61 bits per heavy atom. The lowest BCUT2D eigenvalue weighted by atomic mass is 10.2. The van der Waals surface area contributed by atoms with Crippen LogP contribution in [-0.4, -0.2) is 29.9 Å². The van der Waals surface area contributed by atoms with E-state index in [9.17, 15) is 9.59 Å². The zero-order valence-electron chi connectivity index (χ0n) is 13.2. The molecule has 0 aliphatic rings. The Kier molecular flexibility index (Phi) is 6.75. The first kappa shape index (κ1) is 17.1. The molecule has 23 heavy (non-hydrogen) atoms. The van der Waals surface area contributed by atoms with Gasteiger partial charge in [0.05, 0.1) is 5.69 Å². The SMILES string of the molecule is CC(=O)NCCCNC(=O)CCc1csc(-c2ccccc2)n1. The molecule has 0 saturated heterocycles. The summed E-state index contributed by atoms with van der Waals surface area (Å²) < 4.78 is 0. The number of benzene rings is 1. The monoisotopic (exact) mass is 331 g/mol. The minimum atomic E-state index is -0.0471. The fraction of sp³-hybridized carbons (Fsp3) is 0.353. The molecule has 6 heteroatoms. The van der Waals surface area contributed by atoms with E-state index in [4.69, 9.17) is 0 Å². The summed E-state index contributed by atoms with van der Waals surface area (Å²) >= 11 is 1.60. The molecule has 2 N–H and O–H groups in total. The van der Waals surface area contributed by atoms with E-state index in [0.29, 0.717) is 25.9 Å². The third-order valence-electron chi connectivity index (χ3n) is 3.23. The second-order valence-corrected chi connectivity index (χ2v) is 6.05. The number of nitrogens with zero attached hydrogens (tertiary/aromatic N) is 1. The van der Waals surface area contributed by atoms with Gasteiger partial charge in [-0.05, 0) is 12.8 Å². The fourth-order valence-corrected chi connectivity index (χ4v) is 2.91. The molecule has 0 unspecified atom stereocenters. The van der Waals surface area contributed by atoms with Gasteiger partial charge in [0, 0.05) is 37.4 Å². The summed E-state index contributed by atoms with van der Waals surface area (Å²) in [7, 11) is 0. The number of hydrogen-bond donors (Lipinski definition) is 2. The molecule has 1 heterocycles. The highest BCUT2D eigenvalue weighted by molar-refractivity contribution is 7.13. The van der Waals surface area contributed by atoms with Crippen molar-refractivity contribution in [3.05, 3.63) is 41.4 Å². The van der Waals surface area contributed by atoms with Crippen LogP contribution in [0.2, 0.25) is 0 Å². The quantitative estimate of drug-likeness (QED) is 0.730. The zero-order chi connectivity index (χ0) is 16.5. The molecular formula is C17H21N3O2S. The molecular weight excluding hydrogens is 310 g/mol. The van der Waals surface area contributed by atoms with Crippen molar-refractivity contribution in [2.24, 2.45) is 0 Å². The number of nitrogens with one attached hydrogen (secondary N) is 2. The normalized spacial score (nSPS) is 10.3. The first-order valence-electron chi connectivity index (χ1n) is 7.66. The minimum absolute atomic E-state index is 0.0158. The van der Waals surface area contributed by atoms with Gasteiger partial charge in [0.25, 0.3) is 0 Å². The number of hydrogen-bond acceptors (Lipinski definition) is 4. The van der Waals surface area contributed by atoms with Gasteiger partial charge in [-0.1, -0.05) is 30.3 Å². The van der Waals surface area contributed by atoms with E-state index < -0.39 is 0 Å². The standard InChI is InChI=1S/C17H21N3O2S/c1-13(21)18-10-5-11-19-16(22)9-8-15-12-23-17(20-15)14-6-3-2-4-7-14/h2-4,6-7,12H,5,8-11H2,1H3,(H,18,21)(H,19,22). The fourth-order valence-electron chi connectivity index (χ4n) is 2.05. The van der Waals surface area contributed by atoms with Crippen molar-refractivity contribution in [3.63, 3.8) is 0 Å². The van der Waals surface area contributed by atoms with E-state index in [-0.39, 0.29) is 11.8 Å². The molecule has 0 saturated carbocycles. The number of aryl methyl sites for hydroxylation is 1. The lowest BCUT2D eigenvalue weighted by Crippen LogP contribution is -2.28. The summed E-state index contributed by atoms with van der Waals surface area (Å²) in [5, 5.41) is 8.54. The Morgan fingerprint density at radius 1 is 1.13 bits per heavy atom. The van der Waals surface area contributed by atoms with Crippen LogP contribution in [-0.2, 0) is 16.0 Å². The molecule has 5 nitrogen and oxygen atoms in total. The maximum atomic E-state index is 11.8. The van der Waals surface area contributed by atoms with Gasteiger partial charge in [-0.2, -0.15) is 0 Å². The first-order valence-corrected chi connectivity index (χ1v) is 8.54. The van der Waals surface area contributed by atoms with Gasteiger partial charge in [0.15, 0.2) is 0 Å². The van der Waals surface area contributed by atoms with Gasteiger partial charge in [-0.15, -0.1) is 11.3 Å². The number of amides is 2. The van der Waals surface area contributed by atoms with Crippen molar-refractivity contribution in [3.8, 4) is 10.6 Å². The molecule has 0 bridgehead atoms. The van der Waals surface area contributed by atoms with Crippen LogP contribution >= 0.6 is 11.3 Å². The molecule has 0 spiro atoms. The van der Waals surface area contributed by atoms with Gasteiger partial charge in [0.1, 0.15) is 5.01 Å². The second-order valence-electron chi connectivity index (χ2n) is 5.20. The molecule has 0 radical (unpaired) electrons. The second kappa shape index (κ2) is 9.05. The smallest absolute Gasteiger partial charge is 0.220 e. The highest BCUT2D eigenvalue weighted by atomic mass is 32.1. The van der Waals surface area contributed by atoms with E-state index >= 15 is 0 Å². The third-order valence-corrected chi connectivity index (χ3v) is 4.17. The van der Waals surface area contributed by atoms with Crippen LogP contribution in [0.1, 0.15) is 25.5 Å². The minimum Gasteiger partial charge on any atom is -0.356 e. The largest absolute Gasteiger partial charge is 0.356 e. The van der Waals surface area contributed by atoms with Crippen molar-refractivity contribution in [2.45, 2.75) is 26.2 Å². The Bertz CT molecular complexity index is 640. The third kappa shape index (κ3) is 6.20. The van der Waals surface area contributed by atoms with Crippen LogP contribution in [0.5, 0.6) is 0 Å². The molecule has 1 aromatic heterocycles. The summed E-state index contributed by atoms with van der Waals surface area (Å²) in [6.45, 7) is 2.64. The van der Waals surface area contributed by atoms with E-state index in [1.54, 1.807) is 11.3 Å². The number of aromatic nitrogens is 1. The molecule has 1 aromatic carbocycles. The maximum Gasteiger partial charge on any atom is 0.220 e. The van der Waals surface area contributed by atoms with E-state index in [1.807, 2.05) is 35.7 Å². The van der Waals surface area contributed by atoms with Crippen molar-refractivity contribution < 1.29 is 9.59 Å². The number of thiazole rings is 1. The topological polar surface area (TPSA) is 71.1 Å². The average Bonchev–Trinajstić information content (AvgIpc) is 3.02. The van der Waals surface area contributed by atoms with Crippen LogP contribution in [0.25, 0.3) is 10.6 Å². The molecule has 0 aliphatic heterocycles. The number of carbonyl (C=O) groups excluding carboxylic acids is 2. The zero-order valence-corrected chi connectivity index (χ0v) is 14.0. The van der Waals surface area contributed by atoms with Gasteiger partial charge < -0.3 is 10.6 Å². The maximum absolute atomic E-state index is 11.8. The summed E-state index contributed by atoms with van der Waals surface area (Å²) in [5.74, 6) is -0.0313. The van der Waals surface area contributed by atoms with Crippen LogP contribution < -0.4 is 10.6 Å². The molecule has 122 valence electrons. The summed E-state index contributed by atoms with van der Waals surface area (Å²) in [4.78, 5) is 27.0. The van der Waals surface area contributed by atoms with Crippen LogP contribution in [0, 0.1) is 0 Å². The van der Waals surface area contributed by atoms with E-state index in [1.165, 1.54) is 6.92 Å². The Morgan fingerprint density at radius 2 is 1.87 bits per heavy atom. The lowest BCUT2D eigenvalue weighted by molar-refractivity contribution is -0.121. The predicted octanol–water partition coefficient (Wildman–Crippen LogP) is 2.39. The number of rotatable bonds is 8. The molecule has 2 aromatic rings. The van der Waals surface area contributed by atoms with Gasteiger partial charge in [0.2, 0.25) is 11.8 Å². The highest BCUT2D eigenvalue weighted by Crippen LogP contribution is 2.23. The van der Waals surface area contributed by atoms with Crippen molar-refractivity contribution in [1.82, 2.24) is 15.6 Å².